The molecule has 1 N–H and O–H groups in total. The van der Waals surface area contributed by atoms with Gasteiger partial charge < -0.3 is 19.3 Å². The van der Waals surface area contributed by atoms with Crippen LogP contribution in [0.25, 0.3) is 11.2 Å². The predicted molar refractivity (Wildman–Crippen MR) is 63.8 cm³/mol. The summed E-state index contributed by atoms with van der Waals surface area (Å²) in [7, 11) is 1.48. The summed E-state index contributed by atoms with van der Waals surface area (Å²) in [5, 5.41) is 9.04. The van der Waals surface area contributed by atoms with E-state index in [-0.39, 0.29) is 11.9 Å². The highest BCUT2D eigenvalue weighted by atomic mass is 35.5. The summed E-state index contributed by atoms with van der Waals surface area (Å²) in [5.41, 5.74) is 0.979. The number of aliphatic hydroxyl groups excluding tert-OH is 1. The van der Waals surface area contributed by atoms with E-state index in [1.54, 1.807) is 10.9 Å². The minimum Gasteiger partial charge on any atom is -0.479 e. The van der Waals surface area contributed by atoms with Crippen molar-refractivity contribution in [3.05, 3.63) is 11.6 Å². The molecule has 0 unspecified atom stereocenters. The van der Waals surface area contributed by atoms with Crippen LogP contribution in [-0.4, -0.2) is 51.2 Å². The maximum atomic E-state index is 8.98. The Morgan fingerprint density at radius 2 is 2.42 bits per heavy atom. The summed E-state index contributed by atoms with van der Waals surface area (Å²) in [6.07, 6.45) is 0.492. The van der Waals surface area contributed by atoms with Crippen LogP contribution in [0.1, 0.15) is 6.23 Å². The van der Waals surface area contributed by atoms with Gasteiger partial charge in [-0.15, -0.1) is 0 Å². The van der Waals surface area contributed by atoms with Crippen LogP contribution in [0.15, 0.2) is 6.33 Å². The van der Waals surface area contributed by atoms with Crippen LogP contribution in [0.4, 0.5) is 0 Å². The van der Waals surface area contributed by atoms with Crippen molar-refractivity contribution in [2.24, 2.45) is 0 Å². The van der Waals surface area contributed by atoms with Crippen LogP contribution in [0, 0.1) is 0 Å². The van der Waals surface area contributed by atoms with Gasteiger partial charge in [-0.3, -0.25) is 4.57 Å². The quantitative estimate of drug-likeness (QED) is 0.814. The molecule has 2 aromatic heterocycles. The summed E-state index contributed by atoms with van der Waals surface area (Å²) >= 11 is 5.84. The van der Waals surface area contributed by atoms with Gasteiger partial charge in [0.05, 0.1) is 26.7 Å². The standard InChI is InChI=1S/C10H11ClN4O4/c1-17-9-7-8(13-10(11)14-9)15(4-12-7)5-3-18-6(2-16)19-5/h4-6,16H,2-3H2,1H3/t5-,6-/m1/s1. The highest BCUT2D eigenvalue weighted by Crippen LogP contribution is 2.28. The largest absolute Gasteiger partial charge is 0.479 e. The van der Waals surface area contributed by atoms with Crippen LogP contribution in [0.5, 0.6) is 5.88 Å². The van der Waals surface area contributed by atoms with Gasteiger partial charge in [-0.2, -0.15) is 9.97 Å². The predicted octanol–water partition coefficient (Wildman–Crippen LogP) is 0.352. The van der Waals surface area contributed by atoms with Crippen molar-refractivity contribution in [1.82, 2.24) is 19.5 Å². The molecule has 3 rings (SSSR count). The number of aliphatic hydroxyl groups is 1. The molecule has 0 saturated carbocycles. The Morgan fingerprint density at radius 3 is 3.11 bits per heavy atom. The second kappa shape index (κ2) is 4.89. The normalized spacial score (nSPS) is 23.1. The zero-order valence-corrected chi connectivity index (χ0v) is 10.7. The molecule has 0 amide bonds. The number of methoxy groups -OCH3 is 1. The molecule has 19 heavy (non-hydrogen) atoms. The molecule has 3 heterocycles. The SMILES string of the molecule is COc1nc(Cl)nc2c1ncn2[C@H]1CO[C@@H](CO)O1. The highest BCUT2D eigenvalue weighted by Gasteiger charge is 2.29. The van der Waals surface area contributed by atoms with E-state index < -0.39 is 12.5 Å². The smallest absolute Gasteiger partial charge is 0.246 e. The van der Waals surface area contributed by atoms with Crippen LogP contribution in [0.3, 0.4) is 0 Å². The lowest BCUT2D eigenvalue weighted by Gasteiger charge is -2.11. The molecule has 0 aliphatic carbocycles. The molecule has 0 radical (unpaired) electrons. The molecule has 8 nitrogen and oxygen atoms in total. The third kappa shape index (κ3) is 2.12. The molecule has 1 fully saturated rings. The number of ether oxygens (including phenoxy) is 3. The molecule has 1 saturated heterocycles. The van der Waals surface area contributed by atoms with Crippen LogP contribution < -0.4 is 4.74 Å². The molecule has 1 aliphatic heterocycles. The number of halogens is 1. The summed E-state index contributed by atoms with van der Waals surface area (Å²) in [6, 6.07) is 0. The number of rotatable bonds is 3. The summed E-state index contributed by atoms with van der Waals surface area (Å²) < 4.78 is 17.5. The minimum absolute atomic E-state index is 0.0590. The Morgan fingerprint density at radius 1 is 1.58 bits per heavy atom. The van der Waals surface area contributed by atoms with Crippen molar-refractivity contribution in [3.8, 4) is 5.88 Å². The van der Waals surface area contributed by atoms with Gasteiger partial charge >= 0.3 is 0 Å². The first-order valence-corrected chi connectivity index (χ1v) is 5.92. The molecule has 2 aromatic rings. The first kappa shape index (κ1) is 12.5. The van der Waals surface area contributed by atoms with Gasteiger partial charge in [0.25, 0.3) is 0 Å². The van der Waals surface area contributed by atoms with Gasteiger partial charge in [-0.25, -0.2) is 4.98 Å². The molecule has 0 spiro atoms. The molecule has 0 bridgehead atoms. The fraction of sp³-hybridized carbons (Fsp3) is 0.500. The number of nitrogens with zero attached hydrogens (tertiary/aromatic N) is 4. The van der Waals surface area contributed by atoms with E-state index in [4.69, 9.17) is 30.9 Å². The average molecular weight is 287 g/mol. The lowest BCUT2D eigenvalue weighted by atomic mass is 10.5. The van der Waals surface area contributed by atoms with Gasteiger partial charge in [0.1, 0.15) is 0 Å². The van der Waals surface area contributed by atoms with Crippen molar-refractivity contribution in [2.45, 2.75) is 12.5 Å². The number of aromatic nitrogens is 4. The Hall–Kier alpha value is -1.48. The van der Waals surface area contributed by atoms with Crippen molar-refractivity contribution in [1.29, 1.82) is 0 Å². The maximum Gasteiger partial charge on any atom is 0.246 e. The zero-order chi connectivity index (χ0) is 13.4. The van der Waals surface area contributed by atoms with Crippen molar-refractivity contribution >= 4 is 22.8 Å². The highest BCUT2D eigenvalue weighted by molar-refractivity contribution is 6.28. The maximum absolute atomic E-state index is 8.98. The van der Waals surface area contributed by atoms with E-state index in [9.17, 15) is 0 Å². The van der Waals surface area contributed by atoms with E-state index in [1.165, 1.54) is 7.11 Å². The van der Waals surface area contributed by atoms with E-state index in [2.05, 4.69) is 15.0 Å². The lowest BCUT2D eigenvalue weighted by molar-refractivity contribution is -0.0980. The molecule has 1 aliphatic rings. The molecular weight excluding hydrogens is 276 g/mol. The number of hydrogen-bond acceptors (Lipinski definition) is 7. The topological polar surface area (TPSA) is 91.5 Å². The molecule has 102 valence electrons. The van der Waals surface area contributed by atoms with E-state index in [0.29, 0.717) is 23.7 Å². The van der Waals surface area contributed by atoms with Crippen molar-refractivity contribution in [3.63, 3.8) is 0 Å². The first-order chi connectivity index (χ1) is 9.22. The van der Waals surface area contributed by atoms with Gasteiger partial charge in [0, 0.05) is 0 Å². The molecule has 2 atom stereocenters. The van der Waals surface area contributed by atoms with E-state index in [1.807, 2.05) is 0 Å². The number of hydrogen-bond donors (Lipinski definition) is 1. The third-order valence-corrected chi connectivity index (χ3v) is 2.92. The average Bonchev–Trinajstić information content (AvgIpc) is 3.03. The number of imidazole rings is 1. The van der Waals surface area contributed by atoms with Crippen LogP contribution in [0.2, 0.25) is 5.28 Å². The van der Waals surface area contributed by atoms with Gasteiger partial charge in [-0.05, 0) is 11.6 Å². The van der Waals surface area contributed by atoms with Crippen molar-refractivity contribution < 1.29 is 19.3 Å². The Bertz CT molecular complexity index is 604. The lowest BCUT2D eigenvalue weighted by Crippen LogP contribution is -2.15. The van der Waals surface area contributed by atoms with Crippen LogP contribution >= 0.6 is 11.6 Å². The van der Waals surface area contributed by atoms with Crippen molar-refractivity contribution in [2.75, 3.05) is 20.3 Å². The second-order valence-electron chi connectivity index (χ2n) is 3.86. The zero-order valence-electron chi connectivity index (χ0n) is 9.99. The summed E-state index contributed by atoms with van der Waals surface area (Å²) in [6.45, 7) is 0.0861. The molecule has 0 aromatic carbocycles. The van der Waals surface area contributed by atoms with Crippen LogP contribution in [-0.2, 0) is 9.47 Å². The van der Waals surface area contributed by atoms with Gasteiger partial charge in [0.2, 0.25) is 11.2 Å². The molecule has 9 heteroatoms. The Balaban J connectivity index is 2.03. The third-order valence-electron chi connectivity index (χ3n) is 2.75. The Kier molecular flexibility index (Phi) is 3.23. The summed E-state index contributed by atoms with van der Waals surface area (Å²) in [4.78, 5) is 12.2. The Labute approximate surface area is 112 Å². The number of fused-ring (bicyclic) bond motifs is 1. The first-order valence-electron chi connectivity index (χ1n) is 5.55. The monoisotopic (exact) mass is 286 g/mol. The fourth-order valence-corrected chi connectivity index (χ4v) is 2.06. The second-order valence-corrected chi connectivity index (χ2v) is 4.20. The fourth-order valence-electron chi connectivity index (χ4n) is 1.90. The molecular formula is C10H11ClN4O4. The minimum atomic E-state index is -0.637. The van der Waals surface area contributed by atoms with E-state index >= 15 is 0 Å². The van der Waals surface area contributed by atoms with E-state index in [0.717, 1.165) is 0 Å². The van der Waals surface area contributed by atoms with Gasteiger partial charge in [0.15, 0.2) is 23.7 Å². The van der Waals surface area contributed by atoms with Gasteiger partial charge in [-0.1, -0.05) is 0 Å². The summed E-state index contributed by atoms with van der Waals surface area (Å²) in [5.74, 6) is 0.298.